The zero-order valence-electron chi connectivity index (χ0n) is 11.0. The van der Waals surface area contributed by atoms with Gasteiger partial charge in [-0.3, -0.25) is 0 Å². The van der Waals surface area contributed by atoms with Crippen LogP contribution in [0.5, 0.6) is 0 Å². The van der Waals surface area contributed by atoms with Gasteiger partial charge in [0.15, 0.2) is 0 Å². The second kappa shape index (κ2) is 5.07. The van der Waals surface area contributed by atoms with Gasteiger partial charge in [0.2, 0.25) is 0 Å². The van der Waals surface area contributed by atoms with E-state index in [2.05, 4.69) is 24.0 Å². The van der Waals surface area contributed by atoms with Gasteiger partial charge >= 0.3 is 0 Å². The van der Waals surface area contributed by atoms with Crippen LogP contribution in [0.15, 0.2) is 54.1 Å². The highest BCUT2D eigenvalue weighted by atomic mass is 16.3. The molecule has 19 heavy (non-hydrogen) atoms. The lowest BCUT2D eigenvalue weighted by atomic mass is 9.71. The number of aliphatic hydroxyl groups is 1. The summed E-state index contributed by atoms with van der Waals surface area (Å²) in [5.74, 6) is 6.72. The molecule has 96 valence electrons. The van der Waals surface area contributed by atoms with Crippen LogP contribution in [-0.2, 0) is 0 Å². The van der Waals surface area contributed by atoms with E-state index in [-0.39, 0.29) is 0 Å². The molecule has 1 nitrogen and oxygen atoms in total. The summed E-state index contributed by atoms with van der Waals surface area (Å²) < 4.78 is 0. The van der Waals surface area contributed by atoms with Crippen LogP contribution in [0.3, 0.4) is 0 Å². The van der Waals surface area contributed by atoms with Crippen LogP contribution < -0.4 is 0 Å². The number of fused-ring (bicyclic) bond motifs is 1. The van der Waals surface area contributed by atoms with Crippen molar-refractivity contribution in [1.82, 2.24) is 0 Å². The SMILES string of the molecule is OC1(C#Cc2ccccc2)CCCC2CC=CC=C21. The third kappa shape index (κ3) is 2.50. The molecule has 0 spiro atoms. The summed E-state index contributed by atoms with van der Waals surface area (Å²) >= 11 is 0. The van der Waals surface area contributed by atoms with E-state index in [0.29, 0.717) is 5.92 Å². The van der Waals surface area contributed by atoms with Gasteiger partial charge < -0.3 is 5.11 Å². The number of hydrogen-bond acceptors (Lipinski definition) is 1. The van der Waals surface area contributed by atoms with Crippen molar-refractivity contribution in [2.24, 2.45) is 5.92 Å². The average molecular weight is 250 g/mol. The first kappa shape index (κ1) is 12.3. The molecule has 2 unspecified atom stereocenters. The number of hydrogen-bond donors (Lipinski definition) is 1. The van der Waals surface area contributed by atoms with Gasteiger partial charge in [-0.05, 0) is 49.3 Å². The predicted octanol–water partition coefficient (Wildman–Crippen LogP) is 3.46. The molecule has 0 aromatic heterocycles. The lowest BCUT2D eigenvalue weighted by Crippen LogP contribution is -2.37. The highest BCUT2D eigenvalue weighted by Crippen LogP contribution is 2.40. The summed E-state index contributed by atoms with van der Waals surface area (Å²) in [5.41, 5.74) is 1.15. The first-order valence-corrected chi connectivity index (χ1v) is 6.96. The summed E-state index contributed by atoms with van der Waals surface area (Å²) in [6.07, 6.45) is 10.3. The van der Waals surface area contributed by atoms with Crippen molar-refractivity contribution < 1.29 is 5.11 Å². The topological polar surface area (TPSA) is 20.2 Å². The molecule has 0 amide bonds. The Hall–Kier alpha value is -1.78. The van der Waals surface area contributed by atoms with Gasteiger partial charge in [0.05, 0.1) is 0 Å². The molecule has 2 aliphatic carbocycles. The fourth-order valence-electron chi connectivity index (χ4n) is 3.01. The van der Waals surface area contributed by atoms with Gasteiger partial charge in [0, 0.05) is 5.56 Å². The maximum Gasteiger partial charge on any atom is 0.147 e. The van der Waals surface area contributed by atoms with Crippen molar-refractivity contribution in [1.29, 1.82) is 0 Å². The lowest BCUT2D eigenvalue weighted by molar-refractivity contribution is 0.0939. The van der Waals surface area contributed by atoms with Crippen LogP contribution in [0.25, 0.3) is 0 Å². The fraction of sp³-hybridized carbons (Fsp3) is 0.333. The Morgan fingerprint density at radius 2 is 2.05 bits per heavy atom. The molecular formula is C18H18O. The molecule has 3 rings (SSSR count). The fourth-order valence-corrected chi connectivity index (χ4v) is 3.01. The third-order valence-electron chi connectivity index (χ3n) is 4.03. The summed E-state index contributed by atoms with van der Waals surface area (Å²) in [5, 5.41) is 10.9. The molecule has 1 aromatic rings. The van der Waals surface area contributed by atoms with Crippen LogP contribution in [-0.4, -0.2) is 10.7 Å². The van der Waals surface area contributed by atoms with E-state index in [0.717, 1.165) is 30.4 Å². The molecule has 1 heteroatoms. The van der Waals surface area contributed by atoms with Crippen LogP contribution >= 0.6 is 0 Å². The van der Waals surface area contributed by atoms with Gasteiger partial charge in [-0.25, -0.2) is 0 Å². The molecule has 1 N–H and O–H groups in total. The zero-order valence-corrected chi connectivity index (χ0v) is 11.0. The van der Waals surface area contributed by atoms with E-state index in [1.54, 1.807) is 0 Å². The molecule has 0 radical (unpaired) electrons. The molecule has 0 saturated heterocycles. The molecule has 0 aliphatic heterocycles. The van der Waals surface area contributed by atoms with E-state index < -0.39 is 5.60 Å². The van der Waals surface area contributed by atoms with E-state index in [1.165, 1.54) is 6.42 Å². The Bertz CT molecular complexity index is 571. The highest BCUT2D eigenvalue weighted by Gasteiger charge is 2.37. The van der Waals surface area contributed by atoms with Crippen LogP contribution in [0, 0.1) is 17.8 Å². The minimum absolute atomic E-state index is 0.480. The maximum atomic E-state index is 10.9. The molecule has 0 heterocycles. The Kier molecular flexibility index (Phi) is 3.27. The number of benzene rings is 1. The van der Waals surface area contributed by atoms with E-state index in [1.807, 2.05) is 36.4 Å². The molecule has 1 aromatic carbocycles. The van der Waals surface area contributed by atoms with Crippen LogP contribution in [0.1, 0.15) is 31.2 Å². The van der Waals surface area contributed by atoms with Crippen molar-refractivity contribution in [3.8, 4) is 11.8 Å². The Labute approximate surface area is 114 Å². The van der Waals surface area contributed by atoms with Crippen molar-refractivity contribution in [3.05, 3.63) is 59.7 Å². The third-order valence-corrected chi connectivity index (χ3v) is 4.03. The van der Waals surface area contributed by atoms with Gasteiger partial charge in [0.25, 0.3) is 0 Å². The average Bonchev–Trinajstić information content (AvgIpc) is 2.47. The normalized spacial score (nSPS) is 28.9. The molecule has 1 saturated carbocycles. The van der Waals surface area contributed by atoms with Crippen molar-refractivity contribution in [3.63, 3.8) is 0 Å². The molecule has 0 bridgehead atoms. The predicted molar refractivity (Wildman–Crippen MR) is 77.5 cm³/mol. The largest absolute Gasteiger partial charge is 0.374 e. The van der Waals surface area contributed by atoms with Gasteiger partial charge in [-0.1, -0.05) is 48.3 Å². The molecule has 2 aliphatic rings. The number of rotatable bonds is 0. The minimum atomic E-state index is -0.927. The van der Waals surface area contributed by atoms with Crippen molar-refractivity contribution in [2.75, 3.05) is 0 Å². The summed E-state index contributed by atoms with van der Waals surface area (Å²) in [4.78, 5) is 0. The van der Waals surface area contributed by atoms with E-state index in [9.17, 15) is 5.11 Å². The number of allylic oxidation sites excluding steroid dienone is 3. The van der Waals surface area contributed by atoms with E-state index >= 15 is 0 Å². The quantitative estimate of drug-likeness (QED) is 0.699. The second-order valence-electron chi connectivity index (χ2n) is 5.35. The van der Waals surface area contributed by atoms with E-state index in [4.69, 9.17) is 0 Å². The monoisotopic (exact) mass is 250 g/mol. The molecule has 1 fully saturated rings. The van der Waals surface area contributed by atoms with Crippen molar-refractivity contribution >= 4 is 0 Å². The van der Waals surface area contributed by atoms with Crippen molar-refractivity contribution in [2.45, 2.75) is 31.3 Å². The van der Waals surface area contributed by atoms with Crippen LogP contribution in [0.4, 0.5) is 0 Å². The Morgan fingerprint density at radius 3 is 2.89 bits per heavy atom. The Morgan fingerprint density at radius 1 is 1.21 bits per heavy atom. The maximum absolute atomic E-state index is 10.9. The Balaban J connectivity index is 1.92. The standard InChI is InChI=1S/C18H18O/c19-18(14-12-15-7-2-1-3-8-15)13-6-10-16-9-4-5-11-17(16)18/h1-5,7-8,11,16,19H,6,9-10,13H2. The lowest BCUT2D eigenvalue weighted by Gasteiger charge is -2.37. The molecular weight excluding hydrogens is 232 g/mol. The van der Waals surface area contributed by atoms with Crippen LogP contribution in [0.2, 0.25) is 0 Å². The first-order valence-electron chi connectivity index (χ1n) is 6.96. The van der Waals surface area contributed by atoms with Gasteiger partial charge in [0.1, 0.15) is 5.60 Å². The summed E-state index contributed by atoms with van der Waals surface area (Å²) in [6.45, 7) is 0. The summed E-state index contributed by atoms with van der Waals surface area (Å²) in [6, 6.07) is 9.88. The first-order chi connectivity index (χ1) is 9.28. The van der Waals surface area contributed by atoms with Gasteiger partial charge in [-0.2, -0.15) is 0 Å². The summed E-state index contributed by atoms with van der Waals surface area (Å²) in [7, 11) is 0. The minimum Gasteiger partial charge on any atom is -0.374 e. The smallest absolute Gasteiger partial charge is 0.147 e. The zero-order chi connectivity index (χ0) is 13.1. The second-order valence-corrected chi connectivity index (χ2v) is 5.35. The van der Waals surface area contributed by atoms with Gasteiger partial charge in [-0.15, -0.1) is 0 Å². The highest BCUT2D eigenvalue weighted by molar-refractivity contribution is 5.43. The molecule has 2 atom stereocenters.